The molecule has 2 rings (SSSR count). The SMILES string of the molecule is COc1ccc(C=NNC(=O)c2ccc(Cl)cc2)cc1. The number of amides is 1. The first kappa shape index (κ1) is 14.1. The number of hydrogen-bond donors (Lipinski definition) is 1. The van der Waals surface area contributed by atoms with Crippen molar-refractivity contribution in [2.24, 2.45) is 5.10 Å². The Hall–Kier alpha value is -2.33. The molecule has 0 aromatic heterocycles. The number of nitrogens with one attached hydrogen (secondary N) is 1. The van der Waals surface area contributed by atoms with Crippen LogP contribution in [-0.4, -0.2) is 19.2 Å². The summed E-state index contributed by atoms with van der Waals surface area (Å²) in [5.74, 6) is 0.485. The van der Waals surface area contributed by atoms with Gasteiger partial charge in [-0.3, -0.25) is 4.79 Å². The third-order valence-corrected chi connectivity index (χ3v) is 2.85. The second-order valence-corrected chi connectivity index (χ2v) is 4.42. The molecular weight excluding hydrogens is 276 g/mol. The molecule has 0 aliphatic rings. The lowest BCUT2D eigenvalue weighted by molar-refractivity contribution is 0.0955. The predicted molar refractivity (Wildman–Crippen MR) is 79.5 cm³/mol. The van der Waals surface area contributed by atoms with Crippen LogP contribution in [0, 0.1) is 0 Å². The van der Waals surface area contributed by atoms with Gasteiger partial charge >= 0.3 is 0 Å². The standard InChI is InChI=1S/C15H13ClN2O2/c1-20-14-8-2-11(3-9-14)10-17-18-15(19)12-4-6-13(16)7-5-12/h2-10H,1H3,(H,18,19). The van der Waals surface area contributed by atoms with Crippen LogP contribution in [0.1, 0.15) is 15.9 Å². The molecule has 4 nitrogen and oxygen atoms in total. The van der Waals surface area contributed by atoms with Crippen LogP contribution in [0.5, 0.6) is 5.75 Å². The van der Waals surface area contributed by atoms with Gasteiger partial charge in [-0.15, -0.1) is 0 Å². The van der Waals surface area contributed by atoms with Gasteiger partial charge in [-0.1, -0.05) is 11.6 Å². The van der Waals surface area contributed by atoms with E-state index in [2.05, 4.69) is 10.5 Å². The second kappa shape index (κ2) is 6.73. The van der Waals surface area contributed by atoms with E-state index in [1.54, 1.807) is 37.6 Å². The summed E-state index contributed by atoms with van der Waals surface area (Å²) in [7, 11) is 1.61. The van der Waals surface area contributed by atoms with E-state index in [1.807, 2.05) is 24.3 Å². The molecule has 0 atom stereocenters. The highest BCUT2D eigenvalue weighted by Crippen LogP contribution is 2.10. The van der Waals surface area contributed by atoms with Gasteiger partial charge in [0.2, 0.25) is 0 Å². The Morgan fingerprint density at radius 2 is 1.80 bits per heavy atom. The first-order valence-electron chi connectivity index (χ1n) is 5.92. The Labute approximate surface area is 122 Å². The molecular formula is C15H13ClN2O2. The fraction of sp³-hybridized carbons (Fsp3) is 0.0667. The molecule has 1 amide bonds. The van der Waals surface area contributed by atoms with Crippen LogP contribution in [0.2, 0.25) is 5.02 Å². The maximum Gasteiger partial charge on any atom is 0.271 e. The van der Waals surface area contributed by atoms with Crippen molar-refractivity contribution < 1.29 is 9.53 Å². The van der Waals surface area contributed by atoms with Crippen LogP contribution in [0.4, 0.5) is 0 Å². The van der Waals surface area contributed by atoms with Crippen LogP contribution in [0.25, 0.3) is 0 Å². The number of methoxy groups -OCH3 is 1. The Bertz CT molecular complexity index is 607. The molecule has 0 spiro atoms. The van der Waals surface area contributed by atoms with E-state index in [0.717, 1.165) is 11.3 Å². The molecule has 0 radical (unpaired) electrons. The lowest BCUT2D eigenvalue weighted by Gasteiger charge is -2.00. The molecule has 0 fully saturated rings. The van der Waals surface area contributed by atoms with Crippen molar-refractivity contribution in [1.29, 1.82) is 0 Å². The van der Waals surface area contributed by atoms with E-state index < -0.39 is 0 Å². The van der Waals surface area contributed by atoms with Gasteiger partial charge in [0.1, 0.15) is 5.75 Å². The average Bonchev–Trinajstić information content (AvgIpc) is 2.48. The van der Waals surface area contributed by atoms with Crippen LogP contribution in [-0.2, 0) is 0 Å². The van der Waals surface area contributed by atoms with E-state index >= 15 is 0 Å². The molecule has 2 aromatic carbocycles. The van der Waals surface area contributed by atoms with Crippen LogP contribution >= 0.6 is 11.6 Å². The minimum absolute atomic E-state index is 0.286. The topological polar surface area (TPSA) is 50.7 Å². The van der Waals surface area contributed by atoms with Gasteiger partial charge in [0.25, 0.3) is 5.91 Å². The molecule has 0 aliphatic carbocycles. The van der Waals surface area contributed by atoms with Crippen LogP contribution < -0.4 is 10.2 Å². The Morgan fingerprint density at radius 3 is 2.40 bits per heavy atom. The van der Waals surface area contributed by atoms with E-state index in [4.69, 9.17) is 16.3 Å². The Morgan fingerprint density at radius 1 is 1.15 bits per heavy atom. The number of hydrazone groups is 1. The van der Waals surface area contributed by atoms with Gasteiger partial charge in [-0.2, -0.15) is 5.10 Å². The minimum atomic E-state index is -0.286. The van der Waals surface area contributed by atoms with Crippen molar-refractivity contribution in [2.45, 2.75) is 0 Å². The number of nitrogens with zero attached hydrogens (tertiary/aromatic N) is 1. The second-order valence-electron chi connectivity index (χ2n) is 3.98. The van der Waals surface area contributed by atoms with E-state index in [-0.39, 0.29) is 5.91 Å². The fourth-order valence-electron chi connectivity index (χ4n) is 1.52. The van der Waals surface area contributed by atoms with Crippen molar-refractivity contribution in [3.63, 3.8) is 0 Å². The molecule has 2 aromatic rings. The lowest BCUT2D eigenvalue weighted by Crippen LogP contribution is -2.17. The fourth-order valence-corrected chi connectivity index (χ4v) is 1.65. The van der Waals surface area contributed by atoms with Crippen molar-refractivity contribution in [3.8, 4) is 5.75 Å². The van der Waals surface area contributed by atoms with Gasteiger partial charge in [0, 0.05) is 10.6 Å². The third kappa shape index (κ3) is 3.83. The Balaban J connectivity index is 1.95. The zero-order chi connectivity index (χ0) is 14.4. The number of rotatable bonds is 4. The van der Waals surface area contributed by atoms with Gasteiger partial charge in [-0.05, 0) is 54.1 Å². The number of carbonyl (C=O) groups is 1. The number of hydrogen-bond acceptors (Lipinski definition) is 3. The smallest absolute Gasteiger partial charge is 0.271 e. The molecule has 0 saturated heterocycles. The largest absolute Gasteiger partial charge is 0.497 e. The summed E-state index contributed by atoms with van der Waals surface area (Å²) >= 11 is 5.75. The highest BCUT2D eigenvalue weighted by Gasteiger charge is 2.02. The molecule has 0 heterocycles. The first-order valence-corrected chi connectivity index (χ1v) is 6.30. The van der Waals surface area contributed by atoms with Crippen molar-refractivity contribution in [3.05, 3.63) is 64.7 Å². The van der Waals surface area contributed by atoms with E-state index in [0.29, 0.717) is 10.6 Å². The summed E-state index contributed by atoms with van der Waals surface area (Å²) in [4.78, 5) is 11.8. The molecule has 1 N–H and O–H groups in total. The summed E-state index contributed by atoms with van der Waals surface area (Å²) in [5, 5.41) is 4.48. The molecule has 0 bridgehead atoms. The summed E-state index contributed by atoms with van der Waals surface area (Å²) in [5.41, 5.74) is 3.82. The monoisotopic (exact) mass is 288 g/mol. The molecule has 0 saturated carbocycles. The van der Waals surface area contributed by atoms with Crippen molar-refractivity contribution in [2.75, 3.05) is 7.11 Å². The van der Waals surface area contributed by atoms with Gasteiger partial charge in [0.05, 0.1) is 13.3 Å². The van der Waals surface area contributed by atoms with Crippen LogP contribution in [0.15, 0.2) is 53.6 Å². The zero-order valence-corrected chi connectivity index (χ0v) is 11.6. The zero-order valence-electron chi connectivity index (χ0n) is 10.8. The number of carbonyl (C=O) groups excluding carboxylic acids is 1. The summed E-state index contributed by atoms with van der Waals surface area (Å²) in [6, 6.07) is 13.9. The highest BCUT2D eigenvalue weighted by molar-refractivity contribution is 6.30. The molecule has 0 unspecified atom stereocenters. The van der Waals surface area contributed by atoms with Gasteiger partial charge in [0.15, 0.2) is 0 Å². The number of benzene rings is 2. The Kier molecular flexibility index (Phi) is 4.74. The van der Waals surface area contributed by atoms with Gasteiger partial charge in [-0.25, -0.2) is 5.43 Å². The summed E-state index contributed by atoms with van der Waals surface area (Å²) < 4.78 is 5.05. The maximum absolute atomic E-state index is 11.8. The summed E-state index contributed by atoms with van der Waals surface area (Å²) in [6.07, 6.45) is 1.56. The highest BCUT2D eigenvalue weighted by atomic mass is 35.5. The third-order valence-electron chi connectivity index (χ3n) is 2.60. The number of ether oxygens (including phenoxy) is 1. The molecule has 102 valence electrons. The molecule has 20 heavy (non-hydrogen) atoms. The van der Waals surface area contributed by atoms with E-state index in [1.165, 1.54) is 0 Å². The number of halogens is 1. The normalized spacial score (nSPS) is 10.5. The van der Waals surface area contributed by atoms with Crippen LogP contribution in [0.3, 0.4) is 0 Å². The quantitative estimate of drug-likeness (QED) is 0.694. The lowest BCUT2D eigenvalue weighted by atomic mass is 10.2. The first-order chi connectivity index (χ1) is 9.69. The van der Waals surface area contributed by atoms with Gasteiger partial charge < -0.3 is 4.74 Å². The molecule has 0 aliphatic heterocycles. The van der Waals surface area contributed by atoms with Crippen molar-refractivity contribution >= 4 is 23.7 Å². The molecule has 5 heteroatoms. The predicted octanol–water partition coefficient (Wildman–Crippen LogP) is 3.11. The average molecular weight is 289 g/mol. The summed E-state index contributed by atoms with van der Waals surface area (Å²) in [6.45, 7) is 0. The van der Waals surface area contributed by atoms with E-state index in [9.17, 15) is 4.79 Å². The minimum Gasteiger partial charge on any atom is -0.497 e. The van der Waals surface area contributed by atoms with Crippen molar-refractivity contribution in [1.82, 2.24) is 5.43 Å². The maximum atomic E-state index is 11.8.